The smallest absolute Gasteiger partial charge is 0.414 e. The van der Waals surface area contributed by atoms with Gasteiger partial charge in [-0.25, -0.2) is 4.79 Å². The van der Waals surface area contributed by atoms with E-state index in [4.69, 9.17) is 4.74 Å². The molecule has 2 heterocycles. The molecule has 25 heavy (non-hydrogen) atoms. The number of nitrogens with zero attached hydrogens (tertiary/aromatic N) is 3. The van der Waals surface area contributed by atoms with E-state index in [1.54, 1.807) is 0 Å². The molecule has 2 unspecified atom stereocenters. The van der Waals surface area contributed by atoms with Gasteiger partial charge in [0.05, 0.1) is 24.0 Å². The summed E-state index contributed by atoms with van der Waals surface area (Å²) in [6, 6.07) is 18.5. The van der Waals surface area contributed by atoms with Crippen LogP contribution in [0.5, 0.6) is 0 Å². The predicted octanol–water partition coefficient (Wildman–Crippen LogP) is 3.70. The third kappa shape index (κ3) is 2.51. The van der Waals surface area contributed by atoms with Crippen LogP contribution in [-0.4, -0.2) is 38.5 Å². The molecule has 2 aliphatic heterocycles. The Bertz CT molecular complexity index is 765. The van der Waals surface area contributed by atoms with E-state index in [2.05, 4.69) is 47.2 Å². The largest absolute Gasteiger partial charge is 0.449 e. The first-order chi connectivity index (χ1) is 12.2. The Morgan fingerprint density at radius 1 is 1.08 bits per heavy atom. The van der Waals surface area contributed by atoms with Gasteiger partial charge in [-0.15, -0.1) is 0 Å². The van der Waals surface area contributed by atoms with Gasteiger partial charge in [-0.3, -0.25) is 4.90 Å². The highest BCUT2D eigenvalue weighted by atomic mass is 16.6. The standard InChI is InChI=1S/C20H23N3O2/c1-3-25-20(24)23-17-12-8-7-11-16(17)21(2)19-18(23)13-14-22(19)15-9-5-4-6-10-15/h4-12,18-19H,3,13-14H2,1-2H3. The molecule has 0 aliphatic carbocycles. The van der Waals surface area contributed by atoms with Crippen molar-refractivity contribution in [2.75, 3.05) is 34.9 Å². The fraction of sp³-hybridized carbons (Fsp3) is 0.350. The Morgan fingerprint density at radius 2 is 1.76 bits per heavy atom. The normalized spacial score (nSPS) is 21.8. The molecule has 0 aromatic heterocycles. The van der Waals surface area contributed by atoms with E-state index < -0.39 is 0 Å². The van der Waals surface area contributed by atoms with E-state index in [1.165, 1.54) is 5.69 Å². The Hall–Kier alpha value is -2.69. The maximum absolute atomic E-state index is 12.7. The van der Waals surface area contributed by atoms with Crippen molar-refractivity contribution in [2.45, 2.75) is 25.6 Å². The van der Waals surface area contributed by atoms with Crippen molar-refractivity contribution in [2.24, 2.45) is 0 Å². The monoisotopic (exact) mass is 337 g/mol. The van der Waals surface area contributed by atoms with E-state index in [-0.39, 0.29) is 18.3 Å². The molecule has 4 rings (SSSR count). The number of para-hydroxylation sites is 3. The second-order valence-corrected chi connectivity index (χ2v) is 6.47. The van der Waals surface area contributed by atoms with Crippen LogP contribution in [0.4, 0.5) is 21.9 Å². The highest BCUT2D eigenvalue weighted by Gasteiger charge is 2.47. The van der Waals surface area contributed by atoms with Crippen molar-refractivity contribution < 1.29 is 9.53 Å². The van der Waals surface area contributed by atoms with Gasteiger partial charge in [0, 0.05) is 19.3 Å². The maximum Gasteiger partial charge on any atom is 0.414 e. The van der Waals surface area contributed by atoms with Crippen molar-refractivity contribution in [3.8, 4) is 0 Å². The molecule has 0 bridgehead atoms. The van der Waals surface area contributed by atoms with Crippen molar-refractivity contribution in [1.29, 1.82) is 0 Å². The van der Waals surface area contributed by atoms with Gasteiger partial charge in [0.1, 0.15) is 6.17 Å². The zero-order chi connectivity index (χ0) is 17.4. The highest BCUT2D eigenvalue weighted by molar-refractivity contribution is 5.95. The molecule has 2 atom stereocenters. The number of hydrogen-bond donors (Lipinski definition) is 0. The van der Waals surface area contributed by atoms with Crippen LogP contribution in [0.15, 0.2) is 54.6 Å². The van der Waals surface area contributed by atoms with Crippen LogP contribution in [0.2, 0.25) is 0 Å². The summed E-state index contributed by atoms with van der Waals surface area (Å²) in [4.78, 5) is 19.2. The Balaban J connectivity index is 1.78. The van der Waals surface area contributed by atoms with Gasteiger partial charge in [-0.1, -0.05) is 30.3 Å². The van der Waals surface area contributed by atoms with Crippen LogP contribution in [0.25, 0.3) is 0 Å². The van der Waals surface area contributed by atoms with E-state index in [1.807, 2.05) is 36.1 Å². The van der Waals surface area contributed by atoms with Gasteiger partial charge in [-0.2, -0.15) is 0 Å². The van der Waals surface area contributed by atoms with E-state index in [9.17, 15) is 4.79 Å². The van der Waals surface area contributed by atoms with Crippen molar-refractivity contribution in [3.63, 3.8) is 0 Å². The summed E-state index contributed by atoms with van der Waals surface area (Å²) in [5.41, 5.74) is 3.17. The third-order valence-corrected chi connectivity index (χ3v) is 5.13. The molecule has 0 spiro atoms. The lowest BCUT2D eigenvalue weighted by Crippen LogP contribution is -2.59. The first kappa shape index (κ1) is 15.8. The number of likely N-dealkylation sites (N-methyl/N-ethyl adjacent to an activating group) is 1. The summed E-state index contributed by atoms with van der Waals surface area (Å²) in [7, 11) is 2.11. The van der Waals surface area contributed by atoms with E-state index >= 15 is 0 Å². The number of ether oxygens (including phenoxy) is 1. The fourth-order valence-corrected chi connectivity index (χ4v) is 4.11. The van der Waals surface area contributed by atoms with Crippen LogP contribution < -0.4 is 14.7 Å². The lowest BCUT2D eigenvalue weighted by atomic mass is 10.0. The van der Waals surface area contributed by atoms with Gasteiger partial charge in [0.15, 0.2) is 0 Å². The number of rotatable bonds is 2. The zero-order valence-electron chi connectivity index (χ0n) is 14.6. The van der Waals surface area contributed by atoms with E-state index in [0.29, 0.717) is 6.61 Å². The number of fused-ring (bicyclic) bond motifs is 2. The number of carbonyl (C=O) groups is 1. The molecule has 1 fully saturated rings. The fourth-order valence-electron chi connectivity index (χ4n) is 4.11. The summed E-state index contributed by atoms with van der Waals surface area (Å²) < 4.78 is 5.37. The lowest BCUT2D eigenvalue weighted by molar-refractivity contribution is 0.156. The average molecular weight is 337 g/mol. The summed E-state index contributed by atoms with van der Waals surface area (Å²) in [6.45, 7) is 3.14. The minimum absolute atomic E-state index is 0.0687. The van der Waals surface area contributed by atoms with Crippen molar-refractivity contribution >= 4 is 23.2 Å². The lowest BCUT2D eigenvalue weighted by Gasteiger charge is -2.47. The van der Waals surface area contributed by atoms with Gasteiger partial charge < -0.3 is 14.5 Å². The molecule has 2 aromatic rings. The van der Waals surface area contributed by atoms with Crippen LogP contribution in [0.3, 0.4) is 0 Å². The minimum atomic E-state index is -0.257. The van der Waals surface area contributed by atoms with Gasteiger partial charge >= 0.3 is 6.09 Å². The molecule has 0 radical (unpaired) electrons. The number of anilines is 3. The predicted molar refractivity (Wildman–Crippen MR) is 100 cm³/mol. The molecule has 1 amide bonds. The molecule has 2 aromatic carbocycles. The number of amides is 1. The highest BCUT2D eigenvalue weighted by Crippen LogP contribution is 2.43. The molecule has 2 aliphatic rings. The van der Waals surface area contributed by atoms with Gasteiger partial charge in [0.25, 0.3) is 0 Å². The van der Waals surface area contributed by atoms with Crippen LogP contribution in [-0.2, 0) is 4.74 Å². The first-order valence-corrected chi connectivity index (χ1v) is 8.82. The molecular formula is C20H23N3O2. The number of benzene rings is 2. The van der Waals surface area contributed by atoms with Gasteiger partial charge in [0.2, 0.25) is 0 Å². The maximum atomic E-state index is 12.7. The molecule has 5 nitrogen and oxygen atoms in total. The third-order valence-electron chi connectivity index (χ3n) is 5.13. The molecule has 5 heteroatoms. The van der Waals surface area contributed by atoms with Crippen LogP contribution >= 0.6 is 0 Å². The zero-order valence-corrected chi connectivity index (χ0v) is 14.6. The summed E-state index contributed by atoms with van der Waals surface area (Å²) >= 11 is 0. The Morgan fingerprint density at radius 3 is 2.48 bits per heavy atom. The minimum Gasteiger partial charge on any atom is -0.449 e. The molecular weight excluding hydrogens is 314 g/mol. The van der Waals surface area contributed by atoms with E-state index in [0.717, 1.165) is 24.3 Å². The van der Waals surface area contributed by atoms with Crippen LogP contribution in [0.1, 0.15) is 13.3 Å². The average Bonchev–Trinajstić information content (AvgIpc) is 3.08. The Kier molecular flexibility index (Phi) is 3.99. The molecule has 1 saturated heterocycles. The van der Waals surface area contributed by atoms with Crippen molar-refractivity contribution in [3.05, 3.63) is 54.6 Å². The second kappa shape index (κ2) is 6.31. The summed E-state index contributed by atoms with van der Waals surface area (Å²) in [5, 5.41) is 0. The SMILES string of the molecule is CCOC(=O)N1c2ccccc2N(C)C2C1CCN2c1ccccc1. The quantitative estimate of drug-likeness (QED) is 0.837. The van der Waals surface area contributed by atoms with Crippen molar-refractivity contribution in [1.82, 2.24) is 0 Å². The first-order valence-electron chi connectivity index (χ1n) is 8.82. The summed E-state index contributed by atoms with van der Waals surface area (Å²) in [6.07, 6.45) is 0.756. The Labute approximate surface area is 148 Å². The molecule has 0 N–H and O–H groups in total. The molecule has 130 valence electrons. The van der Waals surface area contributed by atoms with Crippen LogP contribution in [0, 0.1) is 0 Å². The topological polar surface area (TPSA) is 36.0 Å². The number of hydrogen-bond acceptors (Lipinski definition) is 4. The van der Waals surface area contributed by atoms with Gasteiger partial charge in [-0.05, 0) is 37.6 Å². The second-order valence-electron chi connectivity index (χ2n) is 6.47. The molecule has 0 saturated carbocycles. The number of carbonyl (C=O) groups excluding carboxylic acids is 1. The summed E-state index contributed by atoms with van der Waals surface area (Å²) in [5.74, 6) is 0.